The van der Waals surface area contributed by atoms with Crippen LogP contribution >= 0.6 is 0 Å². The summed E-state index contributed by atoms with van der Waals surface area (Å²) in [4.78, 5) is 29.8. The van der Waals surface area contributed by atoms with E-state index in [0.29, 0.717) is 11.4 Å². The van der Waals surface area contributed by atoms with Crippen molar-refractivity contribution >= 4 is 23.2 Å². The molecule has 2 heterocycles. The van der Waals surface area contributed by atoms with E-state index < -0.39 is 6.10 Å². The van der Waals surface area contributed by atoms with Gasteiger partial charge in [-0.2, -0.15) is 0 Å². The number of anilines is 2. The Kier molecular flexibility index (Phi) is 4.34. The lowest BCUT2D eigenvalue weighted by Gasteiger charge is -2.32. The van der Waals surface area contributed by atoms with Crippen LogP contribution in [-0.4, -0.2) is 36.6 Å². The van der Waals surface area contributed by atoms with Gasteiger partial charge < -0.3 is 10.1 Å². The van der Waals surface area contributed by atoms with Crippen molar-refractivity contribution in [3.63, 3.8) is 0 Å². The van der Waals surface area contributed by atoms with Gasteiger partial charge in [0.2, 0.25) is 5.91 Å². The number of pyridine rings is 1. The molecule has 0 bridgehead atoms. The monoisotopic (exact) mass is 277 g/mol. The molecule has 20 heavy (non-hydrogen) atoms. The minimum absolute atomic E-state index is 0.00609. The molecule has 0 aliphatic carbocycles. The summed E-state index contributed by atoms with van der Waals surface area (Å²) in [6, 6.07) is 1.72. The first-order valence-electron chi connectivity index (χ1n) is 6.66. The van der Waals surface area contributed by atoms with E-state index in [2.05, 4.69) is 10.3 Å². The molecule has 0 fully saturated rings. The molecule has 1 aliphatic rings. The Morgan fingerprint density at radius 1 is 1.60 bits per heavy atom. The molecule has 0 aromatic carbocycles. The van der Waals surface area contributed by atoms with Crippen molar-refractivity contribution in [3.05, 3.63) is 18.5 Å². The molecule has 1 N–H and O–H groups in total. The number of hydrogen-bond acceptors (Lipinski definition) is 4. The molecule has 6 nitrogen and oxygen atoms in total. The molecule has 0 radical (unpaired) electrons. The molecule has 2 amide bonds. The van der Waals surface area contributed by atoms with Crippen LogP contribution in [-0.2, 0) is 14.3 Å². The summed E-state index contributed by atoms with van der Waals surface area (Å²) in [7, 11) is 1.52. The van der Waals surface area contributed by atoms with E-state index in [4.69, 9.17) is 4.74 Å². The number of amides is 2. The van der Waals surface area contributed by atoms with Crippen LogP contribution in [0.4, 0.5) is 11.4 Å². The van der Waals surface area contributed by atoms with Crippen LogP contribution in [0.25, 0.3) is 0 Å². The molecule has 1 aromatic heterocycles. The van der Waals surface area contributed by atoms with Crippen LogP contribution in [0.1, 0.15) is 20.3 Å². The highest BCUT2D eigenvalue weighted by Gasteiger charge is 2.33. The molecule has 108 valence electrons. The van der Waals surface area contributed by atoms with Crippen LogP contribution in [0.15, 0.2) is 18.5 Å². The van der Waals surface area contributed by atoms with E-state index in [1.165, 1.54) is 18.2 Å². The van der Waals surface area contributed by atoms with Crippen molar-refractivity contribution in [1.29, 1.82) is 0 Å². The maximum absolute atomic E-state index is 12.6. The fraction of sp³-hybridized carbons (Fsp3) is 0.500. The van der Waals surface area contributed by atoms with Gasteiger partial charge in [0.15, 0.2) is 0 Å². The Labute approximate surface area is 118 Å². The number of nitrogens with one attached hydrogen (secondary N) is 1. The van der Waals surface area contributed by atoms with Crippen molar-refractivity contribution in [2.45, 2.75) is 26.4 Å². The first-order chi connectivity index (χ1) is 9.58. The number of carbonyl (C=O) groups excluding carboxylic acids is 2. The quantitative estimate of drug-likeness (QED) is 0.903. The molecule has 1 aliphatic heterocycles. The van der Waals surface area contributed by atoms with Crippen LogP contribution in [0.5, 0.6) is 0 Å². The highest BCUT2D eigenvalue weighted by molar-refractivity contribution is 6.10. The second-order valence-corrected chi connectivity index (χ2v) is 4.91. The summed E-state index contributed by atoms with van der Waals surface area (Å²) in [6.45, 7) is 3.97. The Hall–Kier alpha value is -1.95. The summed E-state index contributed by atoms with van der Waals surface area (Å²) in [5.41, 5.74) is 1.21. The number of aromatic nitrogens is 1. The lowest BCUT2D eigenvalue weighted by atomic mass is 10.00. The van der Waals surface area contributed by atoms with E-state index in [1.54, 1.807) is 12.3 Å². The number of carbonyl (C=O) groups is 2. The highest BCUT2D eigenvalue weighted by atomic mass is 16.5. The first-order valence-corrected chi connectivity index (χ1v) is 6.66. The predicted octanol–water partition coefficient (Wildman–Crippen LogP) is 1.43. The fourth-order valence-corrected chi connectivity index (χ4v) is 2.28. The smallest absolute Gasteiger partial charge is 0.256 e. The first kappa shape index (κ1) is 14.5. The normalized spacial score (nSPS) is 17.1. The van der Waals surface area contributed by atoms with Gasteiger partial charge in [0.1, 0.15) is 12.6 Å². The summed E-state index contributed by atoms with van der Waals surface area (Å²) < 4.78 is 5.33. The van der Waals surface area contributed by atoms with Gasteiger partial charge in [0.25, 0.3) is 5.91 Å². The molecule has 2 unspecified atom stereocenters. The second-order valence-electron chi connectivity index (χ2n) is 4.91. The average molecular weight is 277 g/mol. The standard InChI is InChI=1S/C14H19N3O3/c1-4-9(2)13(20-3)14(19)17-8-12(18)16-10-7-15-6-5-11(10)17/h5-7,9,13H,4,8H2,1-3H3,(H,16,18). The van der Waals surface area contributed by atoms with Gasteiger partial charge in [-0.25, -0.2) is 0 Å². The second kappa shape index (κ2) is 6.00. The van der Waals surface area contributed by atoms with Crippen molar-refractivity contribution < 1.29 is 14.3 Å². The molecule has 0 spiro atoms. The molecule has 2 atom stereocenters. The van der Waals surface area contributed by atoms with E-state index in [0.717, 1.165) is 6.42 Å². The molecular weight excluding hydrogens is 258 g/mol. The molecular formula is C14H19N3O3. The third kappa shape index (κ3) is 2.65. The van der Waals surface area contributed by atoms with Gasteiger partial charge in [-0.05, 0) is 12.0 Å². The van der Waals surface area contributed by atoms with Gasteiger partial charge in [-0.3, -0.25) is 19.5 Å². The maximum atomic E-state index is 12.6. The van der Waals surface area contributed by atoms with Gasteiger partial charge in [0, 0.05) is 13.3 Å². The number of rotatable bonds is 4. The SMILES string of the molecule is CCC(C)C(OC)C(=O)N1CC(=O)Nc2cnccc21. The van der Waals surface area contributed by atoms with Crippen molar-refractivity contribution in [2.75, 3.05) is 23.9 Å². The number of nitrogens with zero attached hydrogens (tertiary/aromatic N) is 2. The lowest BCUT2D eigenvalue weighted by Crippen LogP contribution is -2.48. The zero-order valence-electron chi connectivity index (χ0n) is 11.9. The van der Waals surface area contributed by atoms with Crippen LogP contribution in [0.3, 0.4) is 0 Å². The maximum Gasteiger partial charge on any atom is 0.256 e. The van der Waals surface area contributed by atoms with E-state index in [9.17, 15) is 9.59 Å². The van der Waals surface area contributed by atoms with Crippen LogP contribution in [0, 0.1) is 5.92 Å². The Bertz CT molecular complexity index is 518. The topological polar surface area (TPSA) is 71.5 Å². The largest absolute Gasteiger partial charge is 0.371 e. The summed E-state index contributed by atoms with van der Waals surface area (Å²) in [5, 5.41) is 2.71. The predicted molar refractivity (Wildman–Crippen MR) is 75.5 cm³/mol. The summed E-state index contributed by atoms with van der Waals surface area (Å²) in [5.74, 6) is -0.329. The average Bonchev–Trinajstić information content (AvgIpc) is 2.46. The van der Waals surface area contributed by atoms with Crippen molar-refractivity contribution in [2.24, 2.45) is 5.92 Å². The minimum atomic E-state index is -0.549. The zero-order valence-corrected chi connectivity index (χ0v) is 11.9. The number of ether oxygens (including phenoxy) is 1. The van der Waals surface area contributed by atoms with Crippen LogP contribution < -0.4 is 10.2 Å². The Morgan fingerprint density at radius 2 is 2.35 bits per heavy atom. The molecule has 0 saturated carbocycles. The zero-order chi connectivity index (χ0) is 14.7. The van der Waals surface area contributed by atoms with Gasteiger partial charge in [-0.1, -0.05) is 20.3 Å². The van der Waals surface area contributed by atoms with Crippen molar-refractivity contribution in [3.8, 4) is 0 Å². The van der Waals surface area contributed by atoms with Crippen LogP contribution in [0.2, 0.25) is 0 Å². The molecule has 1 aromatic rings. The van der Waals surface area contributed by atoms with Gasteiger partial charge in [-0.15, -0.1) is 0 Å². The van der Waals surface area contributed by atoms with E-state index in [1.807, 2.05) is 13.8 Å². The fourth-order valence-electron chi connectivity index (χ4n) is 2.28. The highest BCUT2D eigenvalue weighted by Crippen LogP contribution is 2.29. The molecule has 6 heteroatoms. The van der Waals surface area contributed by atoms with E-state index >= 15 is 0 Å². The van der Waals surface area contributed by atoms with Crippen molar-refractivity contribution in [1.82, 2.24) is 4.98 Å². The van der Waals surface area contributed by atoms with Gasteiger partial charge in [0.05, 0.1) is 17.6 Å². The number of fused-ring (bicyclic) bond motifs is 1. The minimum Gasteiger partial charge on any atom is -0.371 e. The van der Waals surface area contributed by atoms with Gasteiger partial charge >= 0.3 is 0 Å². The third-order valence-corrected chi connectivity index (χ3v) is 3.59. The molecule has 0 saturated heterocycles. The Morgan fingerprint density at radius 3 is 3.00 bits per heavy atom. The summed E-state index contributed by atoms with van der Waals surface area (Å²) in [6.07, 6.45) is 3.42. The lowest BCUT2D eigenvalue weighted by molar-refractivity contribution is -0.132. The number of methoxy groups -OCH3 is 1. The summed E-state index contributed by atoms with van der Waals surface area (Å²) >= 11 is 0. The molecule has 2 rings (SSSR count). The van der Waals surface area contributed by atoms with E-state index in [-0.39, 0.29) is 24.3 Å². The Balaban J connectivity index is 2.32. The number of hydrogen-bond donors (Lipinski definition) is 1. The third-order valence-electron chi connectivity index (χ3n) is 3.59.